The lowest BCUT2D eigenvalue weighted by Gasteiger charge is -2.26. The average Bonchev–Trinajstić information content (AvgIpc) is 2.45. The Balaban J connectivity index is 1.60. The number of hydrogen-bond acceptors (Lipinski definition) is 2. The van der Waals surface area contributed by atoms with E-state index in [9.17, 15) is 4.79 Å². The molecule has 3 nitrogen and oxygen atoms in total. The fraction of sp³-hybridized carbons (Fsp3) is 0.562. The number of hydrogen-bond donors (Lipinski definition) is 1. The van der Waals surface area contributed by atoms with E-state index in [2.05, 4.69) is 10.2 Å². The van der Waals surface area contributed by atoms with Gasteiger partial charge in [0.15, 0.2) is 0 Å². The second-order valence-corrected chi connectivity index (χ2v) is 5.85. The van der Waals surface area contributed by atoms with Gasteiger partial charge in [0.25, 0.3) is 0 Å². The van der Waals surface area contributed by atoms with Crippen LogP contribution in [0, 0.1) is 0 Å². The van der Waals surface area contributed by atoms with Crippen LogP contribution in [0.25, 0.3) is 0 Å². The second-order valence-electron chi connectivity index (χ2n) is 5.42. The monoisotopic (exact) mass is 294 g/mol. The predicted octanol–water partition coefficient (Wildman–Crippen LogP) is 3.93. The first-order valence-corrected chi connectivity index (χ1v) is 7.89. The van der Waals surface area contributed by atoms with Crippen molar-refractivity contribution in [2.75, 3.05) is 25.0 Å². The topological polar surface area (TPSA) is 32.3 Å². The van der Waals surface area contributed by atoms with Crippen LogP contribution in [0.1, 0.15) is 38.5 Å². The summed E-state index contributed by atoms with van der Waals surface area (Å²) in [6, 6.07) is 7.27. The standard InChI is InChI=1S/C16H23ClN2O/c17-14-7-6-8-15(13-14)18-16(20)9-2-5-12-19-10-3-1-4-11-19/h6-8,13H,1-5,9-12H2,(H,18,20). The van der Waals surface area contributed by atoms with E-state index in [0.29, 0.717) is 11.4 Å². The van der Waals surface area contributed by atoms with Gasteiger partial charge in [-0.15, -0.1) is 0 Å². The van der Waals surface area contributed by atoms with E-state index in [0.717, 1.165) is 25.1 Å². The zero-order valence-corrected chi connectivity index (χ0v) is 12.7. The highest BCUT2D eigenvalue weighted by molar-refractivity contribution is 6.30. The maximum Gasteiger partial charge on any atom is 0.224 e. The van der Waals surface area contributed by atoms with Crippen molar-refractivity contribution in [3.63, 3.8) is 0 Å². The molecule has 1 aliphatic heterocycles. The molecule has 0 radical (unpaired) electrons. The molecule has 2 rings (SSSR count). The molecule has 0 spiro atoms. The van der Waals surface area contributed by atoms with Crippen molar-refractivity contribution in [1.82, 2.24) is 4.90 Å². The molecule has 1 amide bonds. The molecule has 0 bridgehead atoms. The summed E-state index contributed by atoms with van der Waals surface area (Å²) in [5, 5.41) is 3.53. The molecular formula is C16H23ClN2O. The van der Waals surface area contributed by atoms with Gasteiger partial charge in [0, 0.05) is 17.1 Å². The van der Waals surface area contributed by atoms with Crippen molar-refractivity contribution < 1.29 is 4.79 Å². The molecule has 0 aromatic heterocycles. The van der Waals surface area contributed by atoms with Crippen molar-refractivity contribution >= 4 is 23.2 Å². The summed E-state index contributed by atoms with van der Waals surface area (Å²) in [6.45, 7) is 3.59. The largest absolute Gasteiger partial charge is 0.326 e. The van der Waals surface area contributed by atoms with Gasteiger partial charge in [-0.1, -0.05) is 24.1 Å². The summed E-state index contributed by atoms with van der Waals surface area (Å²) >= 11 is 5.88. The number of unbranched alkanes of at least 4 members (excludes halogenated alkanes) is 1. The molecule has 110 valence electrons. The molecule has 1 fully saturated rings. The normalized spacial score (nSPS) is 16.1. The smallest absolute Gasteiger partial charge is 0.224 e. The SMILES string of the molecule is O=C(CCCCN1CCCCC1)Nc1cccc(Cl)c1. The fourth-order valence-corrected chi connectivity index (χ4v) is 2.78. The summed E-state index contributed by atoms with van der Waals surface area (Å²) < 4.78 is 0. The van der Waals surface area contributed by atoms with E-state index in [1.807, 2.05) is 12.1 Å². The van der Waals surface area contributed by atoms with Gasteiger partial charge < -0.3 is 10.2 Å². The van der Waals surface area contributed by atoms with E-state index in [1.165, 1.54) is 32.4 Å². The van der Waals surface area contributed by atoms with Gasteiger partial charge in [0.2, 0.25) is 5.91 Å². The van der Waals surface area contributed by atoms with Crippen LogP contribution in [0.2, 0.25) is 5.02 Å². The molecular weight excluding hydrogens is 272 g/mol. The predicted molar refractivity (Wildman–Crippen MR) is 84.2 cm³/mol. The molecule has 1 N–H and O–H groups in total. The number of likely N-dealkylation sites (tertiary alicyclic amines) is 1. The summed E-state index contributed by atoms with van der Waals surface area (Å²) in [5.41, 5.74) is 0.776. The van der Waals surface area contributed by atoms with Gasteiger partial charge in [0.1, 0.15) is 0 Å². The minimum atomic E-state index is 0.0749. The molecule has 4 heteroatoms. The average molecular weight is 295 g/mol. The highest BCUT2D eigenvalue weighted by Gasteiger charge is 2.09. The second kappa shape index (κ2) is 8.28. The molecule has 0 unspecified atom stereocenters. The zero-order valence-electron chi connectivity index (χ0n) is 11.9. The van der Waals surface area contributed by atoms with E-state index in [4.69, 9.17) is 11.6 Å². The molecule has 0 atom stereocenters. The van der Waals surface area contributed by atoms with Crippen LogP contribution in [0.15, 0.2) is 24.3 Å². The first-order chi connectivity index (χ1) is 9.74. The third-order valence-electron chi connectivity index (χ3n) is 3.69. The summed E-state index contributed by atoms with van der Waals surface area (Å²) in [7, 11) is 0. The van der Waals surface area contributed by atoms with Crippen molar-refractivity contribution in [3.8, 4) is 0 Å². The third kappa shape index (κ3) is 5.51. The van der Waals surface area contributed by atoms with E-state index in [-0.39, 0.29) is 5.91 Å². The van der Waals surface area contributed by atoms with Crippen LogP contribution in [0.5, 0.6) is 0 Å². The van der Waals surface area contributed by atoms with Crippen LogP contribution in [-0.2, 0) is 4.79 Å². The van der Waals surface area contributed by atoms with Crippen LogP contribution < -0.4 is 5.32 Å². The van der Waals surface area contributed by atoms with Crippen LogP contribution in [0.4, 0.5) is 5.69 Å². The number of benzene rings is 1. The van der Waals surface area contributed by atoms with Gasteiger partial charge in [-0.3, -0.25) is 4.79 Å². The molecule has 0 aliphatic carbocycles. The van der Waals surface area contributed by atoms with Gasteiger partial charge in [-0.05, 0) is 63.5 Å². The number of carbonyl (C=O) groups is 1. The number of anilines is 1. The Bertz CT molecular complexity index is 430. The Morgan fingerprint density at radius 2 is 2.00 bits per heavy atom. The number of halogens is 1. The maximum atomic E-state index is 11.8. The molecule has 1 aliphatic rings. The van der Waals surface area contributed by atoms with Crippen molar-refractivity contribution in [2.45, 2.75) is 38.5 Å². The summed E-state index contributed by atoms with van der Waals surface area (Å²) in [4.78, 5) is 14.3. The molecule has 1 saturated heterocycles. The summed E-state index contributed by atoms with van der Waals surface area (Å²) in [5.74, 6) is 0.0749. The lowest BCUT2D eigenvalue weighted by Crippen LogP contribution is -2.30. The van der Waals surface area contributed by atoms with Crippen LogP contribution in [-0.4, -0.2) is 30.4 Å². The Kier molecular flexibility index (Phi) is 6.34. The van der Waals surface area contributed by atoms with Gasteiger partial charge in [-0.2, -0.15) is 0 Å². The molecule has 0 saturated carbocycles. The number of nitrogens with one attached hydrogen (secondary N) is 1. The third-order valence-corrected chi connectivity index (χ3v) is 3.92. The lowest BCUT2D eigenvalue weighted by molar-refractivity contribution is -0.116. The number of rotatable bonds is 6. The Morgan fingerprint density at radius 3 is 2.75 bits per heavy atom. The quantitative estimate of drug-likeness (QED) is 0.806. The van der Waals surface area contributed by atoms with E-state index < -0.39 is 0 Å². The number of piperidine rings is 1. The highest BCUT2D eigenvalue weighted by Crippen LogP contribution is 2.15. The number of amides is 1. The number of carbonyl (C=O) groups excluding carboxylic acids is 1. The lowest BCUT2D eigenvalue weighted by atomic mass is 10.1. The highest BCUT2D eigenvalue weighted by atomic mass is 35.5. The summed E-state index contributed by atoms with van der Waals surface area (Å²) in [6.07, 6.45) is 6.66. The zero-order chi connectivity index (χ0) is 14.2. The molecule has 1 aromatic rings. The van der Waals surface area contributed by atoms with E-state index in [1.54, 1.807) is 12.1 Å². The number of nitrogens with zero attached hydrogens (tertiary/aromatic N) is 1. The molecule has 20 heavy (non-hydrogen) atoms. The Hall–Kier alpha value is -1.06. The minimum absolute atomic E-state index is 0.0749. The van der Waals surface area contributed by atoms with Gasteiger partial charge >= 0.3 is 0 Å². The Morgan fingerprint density at radius 1 is 1.20 bits per heavy atom. The molecule has 1 aromatic carbocycles. The first kappa shape index (κ1) is 15.3. The fourth-order valence-electron chi connectivity index (χ4n) is 2.59. The molecule has 1 heterocycles. The van der Waals surface area contributed by atoms with Gasteiger partial charge in [0.05, 0.1) is 0 Å². The van der Waals surface area contributed by atoms with E-state index >= 15 is 0 Å². The van der Waals surface area contributed by atoms with Gasteiger partial charge in [-0.25, -0.2) is 0 Å². The minimum Gasteiger partial charge on any atom is -0.326 e. The first-order valence-electron chi connectivity index (χ1n) is 7.52. The van der Waals surface area contributed by atoms with Crippen molar-refractivity contribution in [2.24, 2.45) is 0 Å². The van der Waals surface area contributed by atoms with Crippen LogP contribution >= 0.6 is 11.6 Å². The van der Waals surface area contributed by atoms with Crippen LogP contribution in [0.3, 0.4) is 0 Å². The maximum absolute atomic E-state index is 11.8. The van der Waals surface area contributed by atoms with Crippen molar-refractivity contribution in [1.29, 1.82) is 0 Å². The Labute approximate surface area is 126 Å². The van der Waals surface area contributed by atoms with Crippen molar-refractivity contribution in [3.05, 3.63) is 29.3 Å².